The molecule has 0 saturated carbocycles. The Labute approximate surface area is 169 Å². The standard InChI is InChI=1S/C22H26FN3O3/c1-13-10-17(6-7-19(13)23)29-9-8-26(3)14(2)25-16-5-4-15-11-20(27)21(22(24)28)18(15)12-16/h4-7,10,12,20-21,27H,8-9,11H2,1-3H3,(H2,24,28)/t20-,21-/m1/s1. The van der Waals surface area contributed by atoms with Gasteiger partial charge in [0.15, 0.2) is 0 Å². The Morgan fingerprint density at radius 3 is 2.79 bits per heavy atom. The molecule has 0 bridgehead atoms. The van der Waals surface area contributed by atoms with Crippen molar-refractivity contribution < 1.29 is 19.0 Å². The molecule has 3 N–H and O–H groups in total. The predicted octanol–water partition coefficient (Wildman–Crippen LogP) is 2.68. The van der Waals surface area contributed by atoms with E-state index in [-0.39, 0.29) is 5.82 Å². The third kappa shape index (κ3) is 4.74. The van der Waals surface area contributed by atoms with Crippen molar-refractivity contribution in [2.45, 2.75) is 32.3 Å². The Bertz CT molecular complexity index is 945. The molecule has 0 fully saturated rings. The van der Waals surface area contributed by atoms with E-state index in [0.29, 0.717) is 36.6 Å². The van der Waals surface area contributed by atoms with Gasteiger partial charge in [-0.1, -0.05) is 6.07 Å². The van der Waals surface area contributed by atoms with Gasteiger partial charge in [-0.25, -0.2) is 9.38 Å². The van der Waals surface area contributed by atoms with Gasteiger partial charge in [0.1, 0.15) is 24.0 Å². The van der Waals surface area contributed by atoms with Crippen LogP contribution in [0.4, 0.5) is 10.1 Å². The van der Waals surface area contributed by atoms with E-state index in [0.717, 1.165) is 17.0 Å². The van der Waals surface area contributed by atoms with Crippen LogP contribution in [-0.4, -0.2) is 48.1 Å². The number of likely N-dealkylation sites (N-methyl/N-ethyl adjacent to an activating group) is 1. The summed E-state index contributed by atoms with van der Waals surface area (Å²) in [5.74, 6) is -0.0670. The number of carbonyl (C=O) groups excluding carboxylic acids is 1. The molecule has 0 unspecified atom stereocenters. The van der Waals surface area contributed by atoms with Crippen LogP contribution in [0.2, 0.25) is 0 Å². The molecule has 2 atom stereocenters. The summed E-state index contributed by atoms with van der Waals surface area (Å²) < 4.78 is 19.0. The second kappa shape index (κ2) is 8.61. The third-order valence-electron chi connectivity index (χ3n) is 5.25. The molecule has 1 amide bonds. The van der Waals surface area contributed by atoms with Crippen molar-refractivity contribution in [1.29, 1.82) is 0 Å². The average Bonchev–Trinajstić information content (AvgIpc) is 2.99. The van der Waals surface area contributed by atoms with E-state index in [4.69, 9.17) is 10.5 Å². The van der Waals surface area contributed by atoms with Gasteiger partial charge in [-0.05, 0) is 67.3 Å². The fourth-order valence-electron chi connectivity index (χ4n) is 3.46. The van der Waals surface area contributed by atoms with Crippen molar-refractivity contribution >= 4 is 17.4 Å². The lowest BCUT2D eigenvalue weighted by molar-refractivity contribution is -0.121. The summed E-state index contributed by atoms with van der Waals surface area (Å²) >= 11 is 0. The van der Waals surface area contributed by atoms with Gasteiger partial charge < -0.3 is 20.5 Å². The van der Waals surface area contributed by atoms with Crippen molar-refractivity contribution in [3.8, 4) is 5.75 Å². The maximum absolute atomic E-state index is 13.3. The van der Waals surface area contributed by atoms with Crippen molar-refractivity contribution in [2.24, 2.45) is 10.7 Å². The van der Waals surface area contributed by atoms with Gasteiger partial charge in [0, 0.05) is 7.05 Å². The number of amides is 1. The second-order valence-electron chi connectivity index (χ2n) is 7.37. The van der Waals surface area contributed by atoms with Crippen LogP contribution in [0.3, 0.4) is 0 Å². The highest BCUT2D eigenvalue weighted by Gasteiger charge is 2.35. The van der Waals surface area contributed by atoms with Crippen LogP contribution < -0.4 is 10.5 Å². The molecule has 0 radical (unpaired) electrons. The van der Waals surface area contributed by atoms with Gasteiger partial charge in [-0.3, -0.25) is 4.79 Å². The molecule has 154 valence electrons. The smallest absolute Gasteiger partial charge is 0.227 e. The number of aliphatic hydroxyl groups is 1. The van der Waals surface area contributed by atoms with Gasteiger partial charge in [-0.2, -0.15) is 0 Å². The minimum Gasteiger partial charge on any atom is -0.492 e. The molecule has 2 aromatic carbocycles. The Morgan fingerprint density at radius 1 is 1.34 bits per heavy atom. The Hall–Kier alpha value is -2.93. The number of halogens is 1. The van der Waals surface area contributed by atoms with Gasteiger partial charge in [0.25, 0.3) is 0 Å². The lowest BCUT2D eigenvalue weighted by Gasteiger charge is -2.19. The minimum atomic E-state index is -0.780. The zero-order valence-corrected chi connectivity index (χ0v) is 16.9. The molecule has 29 heavy (non-hydrogen) atoms. The lowest BCUT2D eigenvalue weighted by Crippen LogP contribution is -2.29. The quantitative estimate of drug-likeness (QED) is 0.577. The average molecular weight is 399 g/mol. The number of rotatable bonds is 6. The normalized spacial score (nSPS) is 18.4. The van der Waals surface area contributed by atoms with Crippen LogP contribution in [-0.2, 0) is 11.2 Å². The number of primary amides is 1. The molecule has 0 aromatic heterocycles. The molecule has 3 rings (SSSR count). The lowest BCUT2D eigenvalue weighted by atomic mass is 9.99. The zero-order chi connectivity index (χ0) is 21.1. The van der Waals surface area contributed by atoms with Crippen LogP contribution >= 0.6 is 0 Å². The second-order valence-corrected chi connectivity index (χ2v) is 7.37. The highest BCUT2D eigenvalue weighted by molar-refractivity contribution is 5.85. The number of fused-ring (bicyclic) bond motifs is 1. The number of nitrogens with two attached hydrogens (primary N) is 1. The van der Waals surface area contributed by atoms with Crippen LogP contribution in [0.15, 0.2) is 41.4 Å². The number of hydrogen-bond acceptors (Lipinski definition) is 4. The van der Waals surface area contributed by atoms with Crippen molar-refractivity contribution in [2.75, 3.05) is 20.2 Å². The molecule has 0 spiro atoms. The molecule has 1 aliphatic rings. The summed E-state index contributed by atoms with van der Waals surface area (Å²) in [7, 11) is 1.90. The number of aliphatic hydroxyl groups excluding tert-OH is 1. The van der Waals surface area contributed by atoms with Gasteiger partial charge in [-0.15, -0.1) is 0 Å². The van der Waals surface area contributed by atoms with E-state index in [2.05, 4.69) is 4.99 Å². The number of amidine groups is 1. The SMILES string of the molecule is CC(=Nc1ccc2c(c1)[C@@H](C(N)=O)[C@H](O)C2)N(C)CCOc1ccc(F)c(C)c1. The van der Waals surface area contributed by atoms with Gasteiger partial charge in [0.05, 0.1) is 24.3 Å². The monoisotopic (exact) mass is 399 g/mol. The topological polar surface area (TPSA) is 88.1 Å². The first kappa shape index (κ1) is 20.8. The number of benzene rings is 2. The predicted molar refractivity (Wildman–Crippen MR) is 110 cm³/mol. The molecule has 0 heterocycles. The van der Waals surface area contributed by atoms with E-state index in [1.54, 1.807) is 19.1 Å². The first-order valence-corrected chi connectivity index (χ1v) is 9.52. The van der Waals surface area contributed by atoms with Crippen molar-refractivity contribution in [3.05, 3.63) is 58.9 Å². The van der Waals surface area contributed by atoms with E-state index >= 15 is 0 Å². The molecular weight excluding hydrogens is 373 g/mol. The molecular formula is C22H26FN3O3. The van der Waals surface area contributed by atoms with Crippen LogP contribution in [0.25, 0.3) is 0 Å². The summed E-state index contributed by atoms with van der Waals surface area (Å²) in [6, 6.07) is 10.2. The first-order chi connectivity index (χ1) is 13.8. The summed E-state index contributed by atoms with van der Waals surface area (Å²) in [5, 5.41) is 10.1. The molecule has 6 nitrogen and oxygen atoms in total. The summed E-state index contributed by atoms with van der Waals surface area (Å²) in [6.45, 7) is 4.60. The van der Waals surface area contributed by atoms with Gasteiger partial charge in [0.2, 0.25) is 5.91 Å². The minimum absolute atomic E-state index is 0.252. The molecule has 0 aliphatic heterocycles. The zero-order valence-electron chi connectivity index (χ0n) is 16.9. The van der Waals surface area contributed by atoms with E-state index in [9.17, 15) is 14.3 Å². The fourth-order valence-corrected chi connectivity index (χ4v) is 3.46. The first-order valence-electron chi connectivity index (χ1n) is 9.52. The van der Waals surface area contributed by atoms with Gasteiger partial charge >= 0.3 is 0 Å². The highest BCUT2D eigenvalue weighted by Crippen LogP contribution is 2.35. The number of nitrogens with zero attached hydrogens (tertiary/aromatic N) is 2. The van der Waals surface area contributed by atoms with E-state index in [1.807, 2.05) is 37.1 Å². The maximum Gasteiger partial charge on any atom is 0.227 e. The van der Waals surface area contributed by atoms with E-state index < -0.39 is 17.9 Å². The number of carbonyl (C=O) groups is 1. The molecule has 0 saturated heterocycles. The largest absolute Gasteiger partial charge is 0.492 e. The van der Waals surface area contributed by atoms with Crippen molar-refractivity contribution in [1.82, 2.24) is 4.90 Å². The van der Waals surface area contributed by atoms with E-state index in [1.165, 1.54) is 6.07 Å². The summed E-state index contributed by atoms with van der Waals surface area (Å²) in [4.78, 5) is 18.2. The number of ether oxygens (including phenoxy) is 1. The van der Waals surface area contributed by atoms with Crippen LogP contribution in [0, 0.1) is 12.7 Å². The Kier molecular flexibility index (Phi) is 6.17. The third-order valence-corrected chi connectivity index (χ3v) is 5.25. The molecule has 7 heteroatoms. The summed E-state index contributed by atoms with van der Waals surface area (Å²) in [5.41, 5.74) is 8.36. The number of aryl methyl sites for hydroxylation is 1. The maximum atomic E-state index is 13.3. The molecule has 2 aromatic rings. The number of hydrogen-bond donors (Lipinski definition) is 2. The van der Waals surface area contributed by atoms with Crippen LogP contribution in [0.1, 0.15) is 29.5 Å². The highest BCUT2D eigenvalue weighted by atomic mass is 19.1. The summed E-state index contributed by atoms with van der Waals surface area (Å²) in [6.07, 6.45) is -0.357. The van der Waals surface area contributed by atoms with Crippen LogP contribution in [0.5, 0.6) is 5.75 Å². The fraction of sp³-hybridized carbons (Fsp3) is 0.364. The Morgan fingerprint density at radius 2 is 2.10 bits per heavy atom. The Balaban J connectivity index is 1.63. The number of aliphatic imine (C=N–C) groups is 1. The van der Waals surface area contributed by atoms with Crippen molar-refractivity contribution in [3.63, 3.8) is 0 Å². The molecule has 1 aliphatic carbocycles.